The van der Waals surface area contributed by atoms with Gasteiger partial charge in [-0.05, 0) is 40.9 Å². The molecule has 1 rings (SSSR count). The fourth-order valence-electron chi connectivity index (χ4n) is 2.32. The zero-order valence-electron chi connectivity index (χ0n) is 14.7. The Kier molecular flexibility index (Phi) is 6.89. The van der Waals surface area contributed by atoms with E-state index in [1.807, 2.05) is 7.05 Å². The van der Waals surface area contributed by atoms with Crippen LogP contribution in [-0.2, 0) is 0 Å². The lowest BCUT2D eigenvalue weighted by atomic mass is 10.2. The van der Waals surface area contributed by atoms with Crippen molar-refractivity contribution in [2.45, 2.75) is 40.0 Å². The second-order valence-electron chi connectivity index (χ2n) is 6.02. The molecule has 0 saturated heterocycles. The summed E-state index contributed by atoms with van der Waals surface area (Å²) in [5.74, 6) is 3.25. The lowest BCUT2D eigenvalue weighted by Crippen LogP contribution is -2.29. The van der Waals surface area contributed by atoms with Gasteiger partial charge in [-0.15, -0.1) is 0 Å². The van der Waals surface area contributed by atoms with Crippen LogP contribution in [0.5, 0.6) is 0 Å². The SMILES string of the molecule is CCN(CCCN(C)C)c1nc(C(C)C)nc(NC)c1C. The first-order valence-corrected chi connectivity index (χ1v) is 7.86. The van der Waals surface area contributed by atoms with Gasteiger partial charge < -0.3 is 15.1 Å². The standard InChI is InChI=1S/C16H31N5/c1-8-21(11-9-10-20(6)7)16-13(4)15(17-5)18-14(19-16)12(2)3/h12H,8-11H2,1-7H3,(H,17,18,19). The number of nitrogens with one attached hydrogen (secondary N) is 1. The third-order valence-electron chi connectivity index (χ3n) is 3.61. The number of anilines is 2. The van der Waals surface area contributed by atoms with Crippen molar-refractivity contribution in [2.75, 3.05) is 51.0 Å². The molecule has 1 aromatic rings. The number of hydrogen-bond acceptors (Lipinski definition) is 5. The molecule has 0 atom stereocenters. The first-order chi connectivity index (χ1) is 9.90. The van der Waals surface area contributed by atoms with E-state index in [-0.39, 0.29) is 0 Å². The van der Waals surface area contributed by atoms with Gasteiger partial charge in [0.2, 0.25) is 0 Å². The molecule has 21 heavy (non-hydrogen) atoms. The van der Waals surface area contributed by atoms with E-state index in [2.05, 4.69) is 61.9 Å². The molecule has 1 aromatic heterocycles. The van der Waals surface area contributed by atoms with Crippen LogP contribution in [0.15, 0.2) is 0 Å². The van der Waals surface area contributed by atoms with Crippen LogP contribution in [0.4, 0.5) is 11.6 Å². The molecule has 0 aromatic carbocycles. The smallest absolute Gasteiger partial charge is 0.137 e. The van der Waals surface area contributed by atoms with E-state index >= 15 is 0 Å². The van der Waals surface area contributed by atoms with Crippen LogP contribution >= 0.6 is 0 Å². The van der Waals surface area contributed by atoms with Crippen LogP contribution in [0.3, 0.4) is 0 Å². The van der Waals surface area contributed by atoms with Gasteiger partial charge in [-0.3, -0.25) is 0 Å². The fourth-order valence-corrected chi connectivity index (χ4v) is 2.32. The van der Waals surface area contributed by atoms with Crippen molar-refractivity contribution in [1.29, 1.82) is 0 Å². The summed E-state index contributed by atoms with van der Waals surface area (Å²) >= 11 is 0. The van der Waals surface area contributed by atoms with Crippen molar-refractivity contribution in [3.8, 4) is 0 Å². The molecule has 0 aliphatic rings. The zero-order valence-corrected chi connectivity index (χ0v) is 14.7. The van der Waals surface area contributed by atoms with E-state index in [1.54, 1.807) is 0 Å². The second kappa shape index (κ2) is 8.17. The molecule has 0 aliphatic carbocycles. The Hall–Kier alpha value is -1.36. The highest BCUT2D eigenvalue weighted by Gasteiger charge is 2.16. The van der Waals surface area contributed by atoms with Gasteiger partial charge in [-0.1, -0.05) is 13.8 Å². The van der Waals surface area contributed by atoms with Gasteiger partial charge in [0.05, 0.1) is 0 Å². The molecule has 0 spiro atoms. The Morgan fingerprint density at radius 3 is 2.29 bits per heavy atom. The molecule has 0 radical (unpaired) electrons. The Labute approximate surface area is 129 Å². The summed E-state index contributed by atoms with van der Waals surface area (Å²) in [5, 5.41) is 3.20. The van der Waals surface area contributed by atoms with Crippen LogP contribution < -0.4 is 10.2 Å². The Morgan fingerprint density at radius 2 is 1.81 bits per heavy atom. The number of hydrogen-bond donors (Lipinski definition) is 1. The Bertz CT molecular complexity index is 443. The van der Waals surface area contributed by atoms with Gasteiger partial charge >= 0.3 is 0 Å². The predicted molar refractivity (Wildman–Crippen MR) is 91.5 cm³/mol. The molecule has 0 aliphatic heterocycles. The highest BCUT2D eigenvalue weighted by molar-refractivity contribution is 5.58. The lowest BCUT2D eigenvalue weighted by molar-refractivity contribution is 0.400. The third-order valence-corrected chi connectivity index (χ3v) is 3.61. The molecule has 5 nitrogen and oxygen atoms in total. The molecular weight excluding hydrogens is 262 g/mol. The normalized spacial score (nSPS) is 11.3. The van der Waals surface area contributed by atoms with Crippen molar-refractivity contribution < 1.29 is 0 Å². The zero-order chi connectivity index (χ0) is 16.0. The maximum atomic E-state index is 4.81. The van der Waals surface area contributed by atoms with Gasteiger partial charge in [0.1, 0.15) is 17.5 Å². The minimum atomic E-state index is 0.330. The summed E-state index contributed by atoms with van der Waals surface area (Å²) in [6.45, 7) is 11.6. The summed E-state index contributed by atoms with van der Waals surface area (Å²) in [6, 6.07) is 0. The summed E-state index contributed by atoms with van der Waals surface area (Å²) in [4.78, 5) is 14.0. The quantitative estimate of drug-likeness (QED) is 0.798. The first kappa shape index (κ1) is 17.7. The molecule has 120 valence electrons. The summed E-state index contributed by atoms with van der Waals surface area (Å²) in [5.41, 5.74) is 1.13. The van der Waals surface area contributed by atoms with Crippen molar-refractivity contribution in [1.82, 2.24) is 14.9 Å². The Morgan fingerprint density at radius 1 is 1.14 bits per heavy atom. The monoisotopic (exact) mass is 293 g/mol. The molecular formula is C16H31N5. The highest BCUT2D eigenvalue weighted by Crippen LogP contribution is 2.25. The maximum absolute atomic E-state index is 4.81. The van der Waals surface area contributed by atoms with E-state index in [0.29, 0.717) is 5.92 Å². The Balaban J connectivity index is 3.03. The number of nitrogens with zero attached hydrogens (tertiary/aromatic N) is 4. The molecule has 1 heterocycles. The average Bonchev–Trinajstić information content (AvgIpc) is 2.43. The third kappa shape index (κ3) is 4.84. The van der Waals surface area contributed by atoms with Crippen LogP contribution in [0, 0.1) is 6.92 Å². The highest BCUT2D eigenvalue weighted by atomic mass is 15.2. The van der Waals surface area contributed by atoms with E-state index in [1.165, 1.54) is 0 Å². The summed E-state index contributed by atoms with van der Waals surface area (Å²) in [6.07, 6.45) is 1.14. The predicted octanol–water partition coefficient (Wildman–Crippen LogP) is 2.73. The van der Waals surface area contributed by atoms with Gasteiger partial charge in [0.25, 0.3) is 0 Å². The largest absolute Gasteiger partial charge is 0.373 e. The van der Waals surface area contributed by atoms with Crippen LogP contribution in [0.1, 0.15) is 44.5 Å². The minimum absolute atomic E-state index is 0.330. The van der Waals surface area contributed by atoms with Gasteiger partial charge in [-0.25, -0.2) is 9.97 Å². The van der Waals surface area contributed by atoms with Gasteiger partial charge in [0.15, 0.2) is 0 Å². The van der Waals surface area contributed by atoms with Crippen LogP contribution in [-0.4, -0.2) is 55.6 Å². The van der Waals surface area contributed by atoms with Crippen molar-refractivity contribution in [2.24, 2.45) is 0 Å². The van der Waals surface area contributed by atoms with Gasteiger partial charge in [-0.2, -0.15) is 0 Å². The maximum Gasteiger partial charge on any atom is 0.137 e. The molecule has 0 bridgehead atoms. The van der Waals surface area contributed by atoms with Crippen molar-refractivity contribution in [3.05, 3.63) is 11.4 Å². The number of rotatable bonds is 8. The molecule has 1 N–H and O–H groups in total. The lowest BCUT2D eigenvalue weighted by Gasteiger charge is -2.26. The van der Waals surface area contributed by atoms with E-state index in [4.69, 9.17) is 4.98 Å². The van der Waals surface area contributed by atoms with Gasteiger partial charge in [0, 0.05) is 31.6 Å². The first-order valence-electron chi connectivity index (χ1n) is 7.86. The number of aromatic nitrogens is 2. The molecule has 5 heteroatoms. The molecule has 0 unspecified atom stereocenters. The molecule has 0 fully saturated rings. The topological polar surface area (TPSA) is 44.3 Å². The average molecular weight is 293 g/mol. The second-order valence-corrected chi connectivity index (χ2v) is 6.02. The van der Waals surface area contributed by atoms with Crippen molar-refractivity contribution in [3.63, 3.8) is 0 Å². The van der Waals surface area contributed by atoms with Crippen LogP contribution in [0.25, 0.3) is 0 Å². The van der Waals surface area contributed by atoms with Crippen LogP contribution in [0.2, 0.25) is 0 Å². The van der Waals surface area contributed by atoms with E-state index in [0.717, 1.165) is 49.1 Å². The molecule has 0 amide bonds. The minimum Gasteiger partial charge on any atom is -0.373 e. The summed E-state index contributed by atoms with van der Waals surface area (Å²) < 4.78 is 0. The van der Waals surface area contributed by atoms with E-state index < -0.39 is 0 Å². The molecule has 0 saturated carbocycles. The van der Waals surface area contributed by atoms with Crippen molar-refractivity contribution >= 4 is 11.6 Å². The van der Waals surface area contributed by atoms with E-state index in [9.17, 15) is 0 Å². The fraction of sp³-hybridized carbons (Fsp3) is 0.750. The summed E-state index contributed by atoms with van der Waals surface area (Å²) in [7, 11) is 6.15.